The van der Waals surface area contributed by atoms with E-state index in [-0.39, 0.29) is 12.2 Å². The molecule has 0 atom stereocenters. The second kappa shape index (κ2) is 8.12. The molecular weight excluding hydrogens is 356 g/mol. The van der Waals surface area contributed by atoms with E-state index in [0.717, 1.165) is 23.1 Å². The van der Waals surface area contributed by atoms with Crippen LogP contribution in [0.4, 0.5) is 10.5 Å². The highest BCUT2D eigenvalue weighted by atomic mass is 16.2. The van der Waals surface area contributed by atoms with Crippen LogP contribution in [0.1, 0.15) is 24.5 Å². The van der Waals surface area contributed by atoms with E-state index < -0.39 is 11.9 Å². The lowest BCUT2D eigenvalue weighted by Gasteiger charge is -2.11. The van der Waals surface area contributed by atoms with Gasteiger partial charge in [0.15, 0.2) is 0 Å². The van der Waals surface area contributed by atoms with Crippen molar-refractivity contribution in [2.45, 2.75) is 40.3 Å². The number of rotatable bonds is 5. The number of benzene rings is 2. The van der Waals surface area contributed by atoms with Crippen molar-refractivity contribution in [1.82, 2.24) is 14.5 Å². The van der Waals surface area contributed by atoms with Gasteiger partial charge in [0, 0.05) is 12.2 Å². The van der Waals surface area contributed by atoms with Gasteiger partial charge < -0.3 is 5.32 Å². The van der Waals surface area contributed by atoms with Gasteiger partial charge in [0.2, 0.25) is 5.91 Å². The molecule has 0 radical (unpaired) electrons. The second-order valence-corrected chi connectivity index (χ2v) is 6.76. The van der Waals surface area contributed by atoms with Crippen LogP contribution in [0.2, 0.25) is 0 Å². The summed E-state index contributed by atoms with van der Waals surface area (Å²) in [6.07, 6.45) is 0.804. The number of hydrogen-bond donors (Lipinski definition) is 2. The van der Waals surface area contributed by atoms with Gasteiger partial charge in [0.25, 0.3) is 0 Å². The molecule has 146 valence electrons. The molecule has 0 unspecified atom stereocenters. The summed E-state index contributed by atoms with van der Waals surface area (Å²) in [5, 5.41) is 4.98. The number of aryl methyl sites for hydroxylation is 2. The van der Waals surface area contributed by atoms with Crippen LogP contribution in [0, 0.1) is 13.8 Å². The minimum atomic E-state index is -0.621. The number of aromatic nitrogens is 2. The molecule has 2 N–H and O–H groups in total. The van der Waals surface area contributed by atoms with E-state index in [4.69, 9.17) is 0 Å². The minimum Gasteiger partial charge on any atom is -0.307 e. The first-order valence-electron chi connectivity index (χ1n) is 9.27. The summed E-state index contributed by atoms with van der Waals surface area (Å²) in [5.41, 5.74) is 3.81. The highest BCUT2D eigenvalue weighted by Crippen LogP contribution is 2.17. The Hall–Kier alpha value is -3.35. The van der Waals surface area contributed by atoms with E-state index >= 15 is 0 Å². The molecule has 0 aliphatic carbocycles. The zero-order chi connectivity index (χ0) is 20.3. The molecule has 0 saturated carbocycles. The third-order valence-corrected chi connectivity index (χ3v) is 4.78. The third-order valence-electron chi connectivity index (χ3n) is 4.78. The molecule has 2 aromatic carbocycles. The molecule has 7 nitrogen and oxygen atoms in total. The van der Waals surface area contributed by atoms with Crippen LogP contribution in [0.5, 0.6) is 0 Å². The molecule has 0 aliphatic rings. The Morgan fingerprint density at radius 2 is 1.64 bits per heavy atom. The molecule has 1 heterocycles. The van der Waals surface area contributed by atoms with Crippen molar-refractivity contribution in [1.29, 1.82) is 0 Å². The molecule has 0 fully saturated rings. The van der Waals surface area contributed by atoms with E-state index in [2.05, 4.69) is 10.6 Å². The first-order valence-corrected chi connectivity index (χ1v) is 9.27. The molecule has 0 spiro atoms. The van der Waals surface area contributed by atoms with Crippen molar-refractivity contribution >= 4 is 28.7 Å². The number of imide groups is 1. The van der Waals surface area contributed by atoms with E-state index in [1.165, 1.54) is 4.57 Å². The number of carbonyl (C=O) groups excluding carboxylic acids is 2. The molecule has 3 amide bonds. The molecule has 1 aromatic heterocycles. The maximum atomic E-state index is 12.7. The van der Waals surface area contributed by atoms with Gasteiger partial charge in [0.05, 0.1) is 11.0 Å². The molecule has 0 saturated heterocycles. The summed E-state index contributed by atoms with van der Waals surface area (Å²) in [6, 6.07) is 12.3. The van der Waals surface area contributed by atoms with E-state index in [1.54, 1.807) is 16.7 Å². The Morgan fingerprint density at radius 3 is 2.32 bits per heavy atom. The van der Waals surface area contributed by atoms with Gasteiger partial charge in [-0.05, 0) is 49.6 Å². The molecule has 0 bridgehead atoms. The van der Waals surface area contributed by atoms with E-state index in [0.29, 0.717) is 17.7 Å². The van der Waals surface area contributed by atoms with Gasteiger partial charge in [-0.15, -0.1) is 0 Å². The normalized spacial score (nSPS) is 10.8. The Kier molecular flexibility index (Phi) is 5.63. The summed E-state index contributed by atoms with van der Waals surface area (Å²) >= 11 is 0. The van der Waals surface area contributed by atoms with Crippen LogP contribution < -0.4 is 16.3 Å². The molecule has 0 aliphatic heterocycles. The van der Waals surface area contributed by atoms with Crippen LogP contribution in [0.15, 0.2) is 47.3 Å². The highest BCUT2D eigenvalue weighted by Gasteiger charge is 2.16. The van der Waals surface area contributed by atoms with Crippen molar-refractivity contribution in [3.63, 3.8) is 0 Å². The molecule has 3 rings (SSSR count). The van der Waals surface area contributed by atoms with Gasteiger partial charge in [-0.1, -0.05) is 31.2 Å². The summed E-state index contributed by atoms with van der Waals surface area (Å²) in [5.74, 6) is -0.552. The number of carbonyl (C=O) groups is 2. The Bertz CT molecular complexity index is 1090. The van der Waals surface area contributed by atoms with Gasteiger partial charge in [-0.3, -0.25) is 19.2 Å². The van der Waals surface area contributed by atoms with Crippen molar-refractivity contribution in [2.75, 3.05) is 5.32 Å². The van der Waals surface area contributed by atoms with Crippen molar-refractivity contribution in [3.05, 3.63) is 64.1 Å². The monoisotopic (exact) mass is 380 g/mol. The molecule has 28 heavy (non-hydrogen) atoms. The number of amides is 3. The number of anilines is 1. The lowest BCUT2D eigenvalue weighted by atomic mass is 10.1. The van der Waals surface area contributed by atoms with Crippen molar-refractivity contribution in [3.8, 4) is 0 Å². The van der Waals surface area contributed by atoms with Crippen molar-refractivity contribution in [2.24, 2.45) is 0 Å². The molecule has 3 aromatic rings. The first kappa shape index (κ1) is 19.4. The maximum absolute atomic E-state index is 12.7. The van der Waals surface area contributed by atoms with Gasteiger partial charge in [-0.25, -0.2) is 9.59 Å². The number of hydrogen-bond acceptors (Lipinski definition) is 3. The molecular formula is C21H24N4O3. The van der Waals surface area contributed by atoms with Crippen molar-refractivity contribution < 1.29 is 9.59 Å². The van der Waals surface area contributed by atoms with E-state index in [1.807, 2.05) is 51.1 Å². The first-order chi connectivity index (χ1) is 13.4. The third kappa shape index (κ3) is 3.83. The van der Waals surface area contributed by atoms with Gasteiger partial charge in [-0.2, -0.15) is 0 Å². The van der Waals surface area contributed by atoms with Gasteiger partial charge in [0.1, 0.15) is 6.54 Å². The topological polar surface area (TPSA) is 85.1 Å². The fraction of sp³-hybridized carbons (Fsp3) is 0.286. The number of para-hydroxylation sites is 2. The van der Waals surface area contributed by atoms with Crippen LogP contribution in [0.3, 0.4) is 0 Å². The van der Waals surface area contributed by atoms with Crippen LogP contribution in [-0.4, -0.2) is 21.1 Å². The van der Waals surface area contributed by atoms with Gasteiger partial charge >= 0.3 is 11.7 Å². The summed E-state index contributed by atoms with van der Waals surface area (Å²) in [6.45, 7) is 6.18. The average Bonchev–Trinajstić information content (AvgIpc) is 2.92. The SMILES string of the molecule is CCCn1c(=O)n(CC(=O)NC(=O)Nc2cccc(C)c2C)c2ccccc21. The zero-order valence-electron chi connectivity index (χ0n) is 16.3. The second-order valence-electron chi connectivity index (χ2n) is 6.76. The lowest BCUT2D eigenvalue weighted by Crippen LogP contribution is -2.38. The smallest absolute Gasteiger partial charge is 0.307 e. The number of nitrogens with zero attached hydrogens (tertiary/aromatic N) is 2. The number of urea groups is 1. The van der Waals surface area contributed by atoms with Crippen LogP contribution in [0.25, 0.3) is 11.0 Å². The predicted octanol–water partition coefficient (Wildman–Crippen LogP) is 3.18. The Balaban J connectivity index is 1.76. The quantitative estimate of drug-likeness (QED) is 0.713. The minimum absolute atomic E-state index is 0.226. The average molecular weight is 380 g/mol. The van der Waals surface area contributed by atoms with E-state index in [9.17, 15) is 14.4 Å². The summed E-state index contributed by atoms with van der Waals surface area (Å²) in [4.78, 5) is 37.3. The Labute approximate surface area is 163 Å². The highest BCUT2D eigenvalue weighted by molar-refractivity contribution is 6.01. The van der Waals surface area contributed by atoms with Crippen LogP contribution in [-0.2, 0) is 17.9 Å². The lowest BCUT2D eigenvalue weighted by molar-refractivity contribution is -0.120. The largest absolute Gasteiger partial charge is 0.329 e. The number of nitrogens with one attached hydrogen (secondary N) is 2. The number of imidazole rings is 1. The fourth-order valence-electron chi connectivity index (χ4n) is 3.21. The standard InChI is InChI=1S/C21H24N4O3/c1-4-12-24-17-10-5-6-11-18(17)25(21(24)28)13-19(26)23-20(27)22-16-9-7-8-14(2)15(16)3/h5-11H,4,12-13H2,1-3H3,(H2,22,23,26,27). The summed E-state index contributed by atoms with van der Waals surface area (Å²) < 4.78 is 3.05. The zero-order valence-corrected chi connectivity index (χ0v) is 16.3. The molecule has 7 heteroatoms. The fourth-order valence-corrected chi connectivity index (χ4v) is 3.21. The van der Waals surface area contributed by atoms with Crippen LogP contribution >= 0.6 is 0 Å². The predicted molar refractivity (Wildman–Crippen MR) is 110 cm³/mol. The number of fused-ring (bicyclic) bond motifs is 1. The summed E-state index contributed by atoms with van der Waals surface area (Å²) in [7, 11) is 0. The maximum Gasteiger partial charge on any atom is 0.329 e. The Morgan fingerprint density at radius 1 is 0.964 bits per heavy atom.